The Bertz CT molecular complexity index is 571. The van der Waals surface area contributed by atoms with E-state index in [1.807, 2.05) is 30.7 Å². The largest absolute Gasteiger partial charge is 0.451 e. The first-order valence-electron chi connectivity index (χ1n) is 6.65. The number of hydrogen-bond acceptors (Lipinski definition) is 1. The van der Waals surface area contributed by atoms with Crippen molar-refractivity contribution in [1.29, 1.82) is 0 Å². The normalized spacial score (nSPS) is 11.6. The molecule has 0 aliphatic rings. The van der Waals surface area contributed by atoms with Gasteiger partial charge in [-0.2, -0.15) is 4.58 Å². The van der Waals surface area contributed by atoms with E-state index in [2.05, 4.69) is 54.7 Å². The van der Waals surface area contributed by atoms with Gasteiger partial charge in [-0.1, -0.05) is 60.7 Å². The lowest BCUT2D eigenvalue weighted by Gasteiger charge is -2.06. The first-order valence-corrected chi connectivity index (χ1v) is 6.65. The smallest absolute Gasteiger partial charge is 0.337 e. The lowest BCUT2D eigenvalue weighted by atomic mass is 9.99. The summed E-state index contributed by atoms with van der Waals surface area (Å²) in [5.41, 5.74) is 3.55. The molecule has 0 aromatic heterocycles. The summed E-state index contributed by atoms with van der Waals surface area (Å²) in [6.45, 7) is 1.95. The third-order valence-corrected chi connectivity index (χ3v) is 3.28. The minimum absolute atomic E-state index is 0.856. The Labute approximate surface area is 120 Å². The Kier molecular flexibility index (Phi) is 4.72. The Morgan fingerprint density at radius 3 is 1.75 bits per heavy atom. The van der Waals surface area contributed by atoms with E-state index in [1.54, 1.807) is 7.11 Å². The first-order chi connectivity index (χ1) is 9.72. The standard InChI is InChI=1S/C18H20NO/c1-15(20-3)19(2)14-18(16-10-6-4-7-11-16)17-12-8-5-9-13-17/h4-14H,1-3H3/q+1. The molecule has 0 saturated heterocycles. The molecule has 0 N–H and O–H groups in total. The molecule has 0 amide bonds. The SMILES string of the molecule is COC(C)=[N+](C)C=C(c1ccccc1)c1ccccc1. The molecule has 0 bridgehead atoms. The van der Waals surface area contributed by atoms with Gasteiger partial charge >= 0.3 is 5.90 Å². The van der Waals surface area contributed by atoms with Crippen LogP contribution in [0.3, 0.4) is 0 Å². The van der Waals surface area contributed by atoms with Crippen molar-refractivity contribution in [2.45, 2.75) is 6.92 Å². The molecule has 0 aliphatic heterocycles. The van der Waals surface area contributed by atoms with Crippen molar-refractivity contribution in [1.82, 2.24) is 0 Å². The van der Waals surface area contributed by atoms with E-state index < -0.39 is 0 Å². The van der Waals surface area contributed by atoms with Gasteiger partial charge in [0.25, 0.3) is 0 Å². The zero-order valence-corrected chi connectivity index (χ0v) is 12.2. The van der Waals surface area contributed by atoms with Crippen molar-refractivity contribution >= 4 is 11.5 Å². The van der Waals surface area contributed by atoms with Crippen molar-refractivity contribution in [3.63, 3.8) is 0 Å². The van der Waals surface area contributed by atoms with Gasteiger partial charge in [-0.3, -0.25) is 0 Å². The Morgan fingerprint density at radius 1 is 0.900 bits per heavy atom. The van der Waals surface area contributed by atoms with Gasteiger partial charge in [0, 0.05) is 0 Å². The maximum absolute atomic E-state index is 5.28. The fourth-order valence-electron chi connectivity index (χ4n) is 1.98. The highest BCUT2D eigenvalue weighted by Gasteiger charge is 2.10. The van der Waals surface area contributed by atoms with Gasteiger partial charge < -0.3 is 4.74 Å². The molecule has 0 atom stereocenters. The molecule has 2 heteroatoms. The summed E-state index contributed by atoms with van der Waals surface area (Å²) in [7, 11) is 3.68. The Balaban J connectivity index is 2.54. The molecule has 20 heavy (non-hydrogen) atoms. The van der Waals surface area contributed by atoms with Crippen molar-refractivity contribution in [2.75, 3.05) is 14.2 Å². The van der Waals surface area contributed by atoms with Crippen molar-refractivity contribution in [3.05, 3.63) is 78.0 Å². The summed E-state index contributed by atoms with van der Waals surface area (Å²) >= 11 is 0. The van der Waals surface area contributed by atoms with E-state index in [9.17, 15) is 0 Å². The minimum Gasteiger partial charge on any atom is -0.451 e. The fourth-order valence-corrected chi connectivity index (χ4v) is 1.98. The molecule has 102 valence electrons. The first kappa shape index (κ1) is 14.1. The number of benzene rings is 2. The monoisotopic (exact) mass is 266 g/mol. The Hall–Kier alpha value is -2.35. The molecule has 0 saturated carbocycles. The van der Waals surface area contributed by atoms with Crippen LogP contribution in [0.5, 0.6) is 0 Å². The quantitative estimate of drug-likeness (QED) is 0.468. The van der Waals surface area contributed by atoms with Crippen LogP contribution < -0.4 is 0 Å². The van der Waals surface area contributed by atoms with E-state index >= 15 is 0 Å². The topological polar surface area (TPSA) is 12.2 Å². The molecule has 0 spiro atoms. The lowest BCUT2D eigenvalue weighted by Crippen LogP contribution is -2.11. The highest BCUT2D eigenvalue weighted by molar-refractivity contribution is 5.79. The number of hydrogen-bond donors (Lipinski definition) is 0. The molecule has 2 aromatic carbocycles. The van der Waals surface area contributed by atoms with Crippen LogP contribution in [0.2, 0.25) is 0 Å². The van der Waals surface area contributed by atoms with E-state index in [0.29, 0.717) is 0 Å². The van der Waals surface area contributed by atoms with E-state index in [1.165, 1.54) is 16.7 Å². The molecular weight excluding hydrogens is 246 g/mol. The average molecular weight is 266 g/mol. The fraction of sp³-hybridized carbons (Fsp3) is 0.167. The van der Waals surface area contributed by atoms with Crippen LogP contribution in [-0.4, -0.2) is 24.6 Å². The maximum Gasteiger partial charge on any atom is 0.337 e. The summed E-state index contributed by atoms with van der Waals surface area (Å²) in [5.74, 6) is 0.856. The second-order valence-electron chi connectivity index (χ2n) is 4.61. The Morgan fingerprint density at radius 2 is 1.35 bits per heavy atom. The van der Waals surface area contributed by atoms with Crippen LogP contribution in [0.4, 0.5) is 0 Å². The highest BCUT2D eigenvalue weighted by Crippen LogP contribution is 2.22. The summed E-state index contributed by atoms with van der Waals surface area (Å²) in [6, 6.07) is 20.8. The number of nitrogens with zero attached hydrogens (tertiary/aromatic N) is 1. The molecule has 2 aromatic rings. The van der Waals surface area contributed by atoms with Crippen molar-refractivity contribution in [2.24, 2.45) is 0 Å². The minimum atomic E-state index is 0.856. The zero-order chi connectivity index (χ0) is 14.4. The van der Waals surface area contributed by atoms with Crippen LogP contribution in [0.1, 0.15) is 18.1 Å². The highest BCUT2D eigenvalue weighted by atomic mass is 16.5. The molecule has 0 radical (unpaired) electrons. The van der Waals surface area contributed by atoms with Gasteiger partial charge in [-0.25, -0.2) is 0 Å². The molecule has 0 unspecified atom stereocenters. The average Bonchev–Trinajstić information content (AvgIpc) is 2.53. The number of methoxy groups -OCH3 is 1. The third kappa shape index (κ3) is 3.35. The van der Waals surface area contributed by atoms with Gasteiger partial charge in [-0.05, 0) is 11.1 Å². The van der Waals surface area contributed by atoms with Crippen molar-refractivity contribution < 1.29 is 9.31 Å². The molecule has 2 nitrogen and oxygen atoms in total. The van der Waals surface area contributed by atoms with Crippen LogP contribution in [0, 0.1) is 0 Å². The summed E-state index contributed by atoms with van der Waals surface area (Å²) in [5, 5.41) is 0. The van der Waals surface area contributed by atoms with Gasteiger partial charge in [0.2, 0.25) is 0 Å². The number of ether oxygens (including phenoxy) is 1. The molecular formula is C18H20NO+. The van der Waals surface area contributed by atoms with E-state index in [0.717, 1.165) is 5.90 Å². The zero-order valence-electron chi connectivity index (χ0n) is 12.2. The van der Waals surface area contributed by atoms with Gasteiger partial charge in [0.1, 0.15) is 7.05 Å². The molecule has 0 fully saturated rings. The second kappa shape index (κ2) is 6.71. The number of rotatable bonds is 3. The van der Waals surface area contributed by atoms with Crippen LogP contribution >= 0.6 is 0 Å². The van der Waals surface area contributed by atoms with Crippen LogP contribution in [0.25, 0.3) is 5.57 Å². The van der Waals surface area contributed by atoms with E-state index in [-0.39, 0.29) is 0 Å². The van der Waals surface area contributed by atoms with Gasteiger partial charge in [-0.15, -0.1) is 0 Å². The second-order valence-corrected chi connectivity index (χ2v) is 4.61. The van der Waals surface area contributed by atoms with Gasteiger partial charge in [0.15, 0.2) is 6.20 Å². The maximum atomic E-state index is 5.28. The summed E-state index contributed by atoms with van der Waals surface area (Å²) in [6.07, 6.45) is 2.10. The predicted octanol–water partition coefficient (Wildman–Crippen LogP) is 3.78. The van der Waals surface area contributed by atoms with Crippen LogP contribution in [-0.2, 0) is 4.74 Å². The summed E-state index contributed by atoms with van der Waals surface area (Å²) in [4.78, 5) is 0. The van der Waals surface area contributed by atoms with Crippen LogP contribution in [0.15, 0.2) is 66.9 Å². The summed E-state index contributed by atoms with van der Waals surface area (Å²) < 4.78 is 7.28. The lowest BCUT2D eigenvalue weighted by molar-refractivity contribution is -0.432. The molecule has 2 rings (SSSR count). The van der Waals surface area contributed by atoms with E-state index in [4.69, 9.17) is 4.74 Å². The molecule has 0 heterocycles. The van der Waals surface area contributed by atoms with Crippen molar-refractivity contribution in [3.8, 4) is 0 Å². The van der Waals surface area contributed by atoms with Gasteiger partial charge in [0.05, 0.1) is 19.6 Å². The third-order valence-electron chi connectivity index (χ3n) is 3.28. The molecule has 0 aliphatic carbocycles. The predicted molar refractivity (Wildman–Crippen MR) is 83.8 cm³/mol.